The first-order valence-electron chi connectivity index (χ1n) is 11.9. The Labute approximate surface area is 202 Å². The number of fused-ring (bicyclic) bond motifs is 3. The summed E-state index contributed by atoms with van der Waals surface area (Å²) in [5.41, 5.74) is 7.49. The van der Waals surface area contributed by atoms with Crippen LogP contribution in [0.15, 0.2) is 22.7 Å². The quantitative estimate of drug-likeness (QED) is 0.362. The van der Waals surface area contributed by atoms with Crippen LogP contribution in [0.5, 0.6) is 5.75 Å². The number of H-pyrrole nitrogens is 1. The fourth-order valence-electron chi connectivity index (χ4n) is 5.04. The normalized spacial score (nSPS) is 13.9. The molecule has 0 spiro atoms. The van der Waals surface area contributed by atoms with Crippen molar-refractivity contribution in [1.29, 1.82) is 0 Å². The van der Waals surface area contributed by atoms with Gasteiger partial charge in [-0.3, -0.25) is 4.68 Å². The predicted octanol–water partition coefficient (Wildman–Crippen LogP) is 4.36. The summed E-state index contributed by atoms with van der Waals surface area (Å²) in [6.07, 6.45) is 2.96. The van der Waals surface area contributed by atoms with Crippen LogP contribution >= 0.6 is 0 Å². The van der Waals surface area contributed by atoms with E-state index in [1.807, 2.05) is 31.5 Å². The van der Waals surface area contributed by atoms with E-state index in [1.54, 1.807) is 7.11 Å². The zero-order chi connectivity index (χ0) is 24.3. The monoisotopic (exact) mass is 472 g/mol. The van der Waals surface area contributed by atoms with Crippen molar-refractivity contribution in [3.8, 4) is 16.9 Å². The average molecular weight is 473 g/mol. The molecular formula is C26H28N6O3. The molecule has 0 unspecified atom stereocenters. The molecule has 1 aliphatic carbocycles. The van der Waals surface area contributed by atoms with Gasteiger partial charge in [0.1, 0.15) is 23.0 Å². The number of aliphatic hydroxyl groups excluding tert-OH is 1. The molecule has 0 amide bonds. The van der Waals surface area contributed by atoms with Crippen LogP contribution in [0.2, 0.25) is 0 Å². The van der Waals surface area contributed by atoms with Crippen LogP contribution in [-0.4, -0.2) is 48.7 Å². The highest BCUT2D eigenvalue weighted by Crippen LogP contribution is 2.41. The minimum atomic E-state index is 0.0474. The van der Waals surface area contributed by atoms with Gasteiger partial charge in [-0.1, -0.05) is 5.16 Å². The summed E-state index contributed by atoms with van der Waals surface area (Å²) in [6, 6.07) is 6.28. The van der Waals surface area contributed by atoms with Gasteiger partial charge in [0.25, 0.3) is 0 Å². The zero-order valence-electron chi connectivity index (χ0n) is 20.3. The Hall–Kier alpha value is -3.72. The standard InChI is InChI=1S/C26H28N6O3/c1-13-24(14(2)35-31-13)19-11-21-18(12-23(19)34-4)25-22(27-15(3)28-26(25)29-21)10-17-9-20(16-5-6-16)30-32(17)7-8-33/h9,11-12,16,33H,5-8,10H2,1-4H3,(H,27,28,29). The molecule has 9 heteroatoms. The number of ether oxygens (including phenoxy) is 1. The van der Waals surface area contributed by atoms with Gasteiger partial charge in [0, 0.05) is 39.9 Å². The van der Waals surface area contributed by atoms with Crippen LogP contribution in [0.3, 0.4) is 0 Å². The highest BCUT2D eigenvalue weighted by atomic mass is 16.5. The third-order valence-corrected chi connectivity index (χ3v) is 6.80. The number of aliphatic hydroxyl groups is 1. The third-order valence-electron chi connectivity index (χ3n) is 6.80. The summed E-state index contributed by atoms with van der Waals surface area (Å²) in [6.45, 7) is 6.26. The van der Waals surface area contributed by atoms with Gasteiger partial charge in [-0.05, 0) is 51.8 Å². The largest absolute Gasteiger partial charge is 0.496 e. The lowest BCUT2D eigenvalue weighted by Gasteiger charge is -2.10. The first-order valence-corrected chi connectivity index (χ1v) is 11.9. The SMILES string of the molecule is COc1cc2c(cc1-c1c(C)noc1C)[nH]c1nc(C)nc(Cc3cc(C4CC4)nn3CCO)c12. The summed E-state index contributed by atoms with van der Waals surface area (Å²) in [4.78, 5) is 13.0. The van der Waals surface area contributed by atoms with E-state index in [-0.39, 0.29) is 6.61 Å². The van der Waals surface area contributed by atoms with Crippen LogP contribution in [0, 0.1) is 20.8 Å². The molecule has 1 saturated carbocycles. The number of aromatic nitrogens is 6. The van der Waals surface area contributed by atoms with Crippen molar-refractivity contribution in [3.63, 3.8) is 0 Å². The van der Waals surface area contributed by atoms with Crippen molar-refractivity contribution < 1.29 is 14.4 Å². The van der Waals surface area contributed by atoms with E-state index in [2.05, 4.69) is 22.3 Å². The molecule has 9 nitrogen and oxygen atoms in total. The lowest BCUT2D eigenvalue weighted by molar-refractivity contribution is 0.267. The highest BCUT2D eigenvalue weighted by Gasteiger charge is 2.28. The Morgan fingerprint density at radius 2 is 2.00 bits per heavy atom. The molecule has 5 aromatic rings. The van der Waals surface area contributed by atoms with Crippen LogP contribution in [0.4, 0.5) is 0 Å². The van der Waals surface area contributed by atoms with Gasteiger partial charge in [0.05, 0.1) is 42.9 Å². The summed E-state index contributed by atoms with van der Waals surface area (Å²) in [5.74, 6) is 2.73. The summed E-state index contributed by atoms with van der Waals surface area (Å²) in [5, 5.41) is 20.4. The Morgan fingerprint density at radius 1 is 1.17 bits per heavy atom. The van der Waals surface area contributed by atoms with Crippen molar-refractivity contribution in [2.45, 2.75) is 52.5 Å². The first kappa shape index (κ1) is 21.8. The summed E-state index contributed by atoms with van der Waals surface area (Å²) in [7, 11) is 1.67. The van der Waals surface area contributed by atoms with Crippen LogP contribution < -0.4 is 4.74 Å². The minimum Gasteiger partial charge on any atom is -0.496 e. The molecule has 0 saturated heterocycles. The third kappa shape index (κ3) is 3.67. The van der Waals surface area contributed by atoms with E-state index < -0.39 is 0 Å². The zero-order valence-corrected chi connectivity index (χ0v) is 20.3. The van der Waals surface area contributed by atoms with Crippen molar-refractivity contribution >= 4 is 21.9 Å². The molecule has 35 heavy (non-hydrogen) atoms. The molecule has 1 aromatic carbocycles. The van der Waals surface area contributed by atoms with Gasteiger partial charge < -0.3 is 19.4 Å². The number of hydrogen-bond acceptors (Lipinski definition) is 7. The van der Waals surface area contributed by atoms with Gasteiger partial charge in [-0.15, -0.1) is 0 Å². The molecule has 1 fully saturated rings. The van der Waals surface area contributed by atoms with Crippen LogP contribution in [0.1, 0.15) is 53.1 Å². The molecule has 1 aliphatic rings. The Morgan fingerprint density at radius 3 is 2.69 bits per heavy atom. The number of nitrogens with zero attached hydrogens (tertiary/aromatic N) is 5. The highest BCUT2D eigenvalue weighted by molar-refractivity contribution is 6.09. The second kappa shape index (κ2) is 8.20. The Kier molecular flexibility index (Phi) is 5.10. The Bertz CT molecular complexity index is 1550. The lowest BCUT2D eigenvalue weighted by atomic mass is 10.00. The predicted molar refractivity (Wildman–Crippen MR) is 132 cm³/mol. The van der Waals surface area contributed by atoms with Crippen molar-refractivity contribution in [1.82, 2.24) is 29.9 Å². The molecule has 0 aliphatic heterocycles. The molecular weight excluding hydrogens is 444 g/mol. The van der Waals surface area contributed by atoms with Crippen molar-refractivity contribution in [3.05, 3.63) is 52.6 Å². The summed E-state index contributed by atoms with van der Waals surface area (Å²) < 4.78 is 13.1. The number of aryl methyl sites for hydroxylation is 3. The maximum Gasteiger partial charge on any atom is 0.142 e. The number of rotatable bonds is 7. The molecule has 180 valence electrons. The van der Waals surface area contributed by atoms with E-state index in [4.69, 9.17) is 24.3 Å². The lowest BCUT2D eigenvalue weighted by Crippen LogP contribution is -2.10. The van der Waals surface area contributed by atoms with Crippen LogP contribution in [-0.2, 0) is 13.0 Å². The minimum absolute atomic E-state index is 0.0474. The van der Waals surface area contributed by atoms with E-state index in [0.717, 1.165) is 67.3 Å². The topological polar surface area (TPSA) is 115 Å². The van der Waals surface area contributed by atoms with E-state index in [9.17, 15) is 5.11 Å². The van der Waals surface area contributed by atoms with Gasteiger partial charge in [-0.25, -0.2) is 9.97 Å². The first-order chi connectivity index (χ1) is 17.0. The van der Waals surface area contributed by atoms with Gasteiger partial charge in [0.2, 0.25) is 0 Å². The Balaban J connectivity index is 1.53. The number of aromatic amines is 1. The van der Waals surface area contributed by atoms with Gasteiger partial charge >= 0.3 is 0 Å². The summed E-state index contributed by atoms with van der Waals surface area (Å²) >= 11 is 0. The number of benzene rings is 1. The maximum absolute atomic E-state index is 9.58. The van der Waals surface area contributed by atoms with Gasteiger partial charge in [-0.2, -0.15) is 5.10 Å². The van der Waals surface area contributed by atoms with Crippen LogP contribution in [0.25, 0.3) is 33.1 Å². The van der Waals surface area contributed by atoms with E-state index >= 15 is 0 Å². The second-order valence-electron chi connectivity index (χ2n) is 9.32. The van der Waals surface area contributed by atoms with Crippen molar-refractivity contribution in [2.75, 3.05) is 13.7 Å². The molecule has 4 heterocycles. The smallest absolute Gasteiger partial charge is 0.142 e. The molecule has 6 rings (SSSR count). The van der Waals surface area contributed by atoms with E-state index in [1.165, 1.54) is 12.8 Å². The number of nitrogens with one attached hydrogen (secondary N) is 1. The number of methoxy groups -OCH3 is 1. The molecule has 4 aromatic heterocycles. The molecule has 0 bridgehead atoms. The van der Waals surface area contributed by atoms with E-state index in [0.29, 0.717) is 24.7 Å². The average Bonchev–Trinajstić information content (AvgIpc) is 3.40. The fraction of sp³-hybridized carbons (Fsp3) is 0.385. The fourth-order valence-corrected chi connectivity index (χ4v) is 5.04. The number of hydrogen-bond donors (Lipinski definition) is 2. The van der Waals surface area contributed by atoms with Crippen molar-refractivity contribution in [2.24, 2.45) is 0 Å². The van der Waals surface area contributed by atoms with Gasteiger partial charge in [0.15, 0.2) is 0 Å². The second-order valence-corrected chi connectivity index (χ2v) is 9.32. The molecule has 0 radical (unpaired) electrons. The molecule has 2 N–H and O–H groups in total. The molecule has 0 atom stereocenters. The maximum atomic E-state index is 9.58.